The zero-order valence-electron chi connectivity index (χ0n) is 13.2. The average Bonchev–Trinajstić information content (AvgIpc) is 3.26. The van der Waals surface area contributed by atoms with Crippen molar-refractivity contribution in [2.24, 2.45) is 5.92 Å². The molecule has 1 aliphatic carbocycles. The molecule has 0 aliphatic heterocycles. The number of nitrogens with zero attached hydrogens (tertiary/aromatic N) is 2. The number of ketones is 1. The predicted molar refractivity (Wildman–Crippen MR) is 97.1 cm³/mol. The molecule has 2 heterocycles. The number of amides is 2. The van der Waals surface area contributed by atoms with Gasteiger partial charge in [0.1, 0.15) is 5.69 Å². The van der Waals surface area contributed by atoms with Crippen LogP contribution in [0.5, 0.6) is 0 Å². The zero-order chi connectivity index (χ0) is 16.9. The lowest BCUT2D eigenvalue weighted by molar-refractivity contribution is 0.0918. The molecule has 1 fully saturated rings. The number of pyridine rings is 1. The number of rotatable bonds is 5. The Labute approximate surface area is 148 Å². The lowest BCUT2D eigenvalue weighted by Crippen LogP contribution is -2.22. The van der Waals surface area contributed by atoms with Gasteiger partial charge < -0.3 is 5.32 Å². The molecule has 0 radical (unpaired) electrons. The van der Waals surface area contributed by atoms with Crippen molar-refractivity contribution in [3.8, 4) is 0 Å². The molecule has 2 N–H and O–H groups in total. The van der Waals surface area contributed by atoms with E-state index in [0.717, 1.165) is 29.9 Å². The molecule has 3 rings (SSSR count). The topological polar surface area (TPSA) is 84.0 Å². The fourth-order valence-corrected chi connectivity index (χ4v) is 4.02. The van der Waals surface area contributed by atoms with E-state index in [1.165, 1.54) is 11.3 Å². The van der Waals surface area contributed by atoms with Crippen molar-refractivity contribution in [1.82, 2.24) is 9.97 Å². The maximum atomic E-state index is 12.6. The molecular weight excluding hydrogens is 344 g/mol. The Morgan fingerprint density at radius 2 is 2.04 bits per heavy atom. The Hall–Kier alpha value is -1.93. The molecule has 2 amide bonds. The van der Waals surface area contributed by atoms with Gasteiger partial charge in [-0.25, -0.2) is 9.78 Å². The predicted octanol–water partition coefficient (Wildman–Crippen LogP) is 4.28. The van der Waals surface area contributed by atoms with Crippen molar-refractivity contribution in [1.29, 1.82) is 0 Å². The molecule has 24 heavy (non-hydrogen) atoms. The maximum Gasteiger partial charge on any atom is 0.325 e. The van der Waals surface area contributed by atoms with Crippen molar-refractivity contribution in [2.75, 3.05) is 16.9 Å². The third kappa shape index (κ3) is 3.93. The summed E-state index contributed by atoms with van der Waals surface area (Å²) in [5.41, 5.74) is 0.775. The summed E-state index contributed by atoms with van der Waals surface area (Å²) in [5.74, 6) is 0.0360. The Bertz CT molecular complexity index is 741. The van der Waals surface area contributed by atoms with Crippen LogP contribution in [0.25, 0.3) is 0 Å². The molecular formula is C16H18N4O2S2. The van der Waals surface area contributed by atoms with Crippen molar-refractivity contribution >= 4 is 45.7 Å². The van der Waals surface area contributed by atoms with Crippen LogP contribution in [0, 0.1) is 5.92 Å². The summed E-state index contributed by atoms with van der Waals surface area (Å²) in [5, 5.41) is 5.92. The number of aromatic nitrogens is 2. The number of hydrogen-bond acceptors (Lipinski definition) is 6. The number of carbonyl (C=O) groups excluding carboxylic acids is 2. The maximum absolute atomic E-state index is 12.6. The fourth-order valence-electron chi connectivity index (χ4n) is 2.75. The van der Waals surface area contributed by atoms with E-state index >= 15 is 0 Å². The van der Waals surface area contributed by atoms with Gasteiger partial charge in [0.25, 0.3) is 0 Å². The number of anilines is 2. The van der Waals surface area contributed by atoms with Crippen LogP contribution in [0.15, 0.2) is 28.7 Å². The minimum Gasteiger partial charge on any atom is -0.305 e. The van der Waals surface area contributed by atoms with Gasteiger partial charge in [-0.05, 0) is 31.2 Å². The second-order valence-electron chi connectivity index (χ2n) is 5.51. The smallest absolute Gasteiger partial charge is 0.305 e. The van der Waals surface area contributed by atoms with Crippen LogP contribution in [-0.4, -0.2) is 28.0 Å². The molecule has 2 aromatic rings. The molecule has 0 spiro atoms. The molecule has 0 saturated heterocycles. The number of thiazole rings is 1. The quantitative estimate of drug-likeness (QED) is 0.613. The monoisotopic (exact) mass is 362 g/mol. The van der Waals surface area contributed by atoms with E-state index in [1.807, 2.05) is 6.26 Å². The van der Waals surface area contributed by atoms with Gasteiger partial charge in [0, 0.05) is 12.1 Å². The van der Waals surface area contributed by atoms with Crippen LogP contribution in [0.3, 0.4) is 0 Å². The fraction of sp³-hybridized carbons (Fsp3) is 0.375. The number of carbonyl (C=O) groups is 2. The number of hydrogen-bond donors (Lipinski definition) is 2. The molecule has 0 unspecified atom stereocenters. The number of Topliss-reactive ketones (excluding diaryl/α,β-unsaturated/α-hetero) is 1. The van der Waals surface area contributed by atoms with Gasteiger partial charge in [-0.2, -0.15) is 0 Å². The van der Waals surface area contributed by atoms with Crippen LogP contribution in [0.1, 0.15) is 36.2 Å². The Balaban J connectivity index is 1.70. The van der Waals surface area contributed by atoms with E-state index < -0.39 is 6.03 Å². The van der Waals surface area contributed by atoms with E-state index in [0.29, 0.717) is 16.5 Å². The first-order valence-corrected chi connectivity index (χ1v) is 9.78. The largest absolute Gasteiger partial charge is 0.325 e. The van der Waals surface area contributed by atoms with Gasteiger partial charge >= 0.3 is 6.03 Å². The number of urea groups is 1. The highest BCUT2D eigenvalue weighted by atomic mass is 32.2. The molecule has 1 saturated carbocycles. The second kappa shape index (κ2) is 7.76. The van der Waals surface area contributed by atoms with Gasteiger partial charge in [0.2, 0.25) is 0 Å². The molecule has 8 heteroatoms. The first-order chi connectivity index (χ1) is 11.7. The van der Waals surface area contributed by atoms with Crippen LogP contribution in [-0.2, 0) is 0 Å². The highest BCUT2D eigenvalue weighted by molar-refractivity contribution is 8.00. The van der Waals surface area contributed by atoms with Gasteiger partial charge in [0.05, 0.1) is 16.1 Å². The summed E-state index contributed by atoms with van der Waals surface area (Å²) in [4.78, 5) is 33.1. The second-order valence-corrected chi connectivity index (χ2v) is 7.65. The van der Waals surface area contributed by atoms with Crippen molar-refractivity contribution < 1.29 is 9.59 Å². The Morgan fingerprint density at radius 1 is 1.25 bits per heavy atom. The van der Waals surface area contributed by atoms with E-state index in [1.54, 1.807) is 36.3 Å². The van der Waals surface area contributed by atoms with Gasteiger partial charge in [0.15, 0.2) is 10.9 Å². The molecule has 0 aromatic carbocycles. The third-order valence-corrected chi connectivity index (χ3v) is 5.89. The first-order valence-electron chi connectivity index (χ1n) is 7.74. The van der Waals surface area contributed by atoms with Crippen LogP contribution in [0.4, 0.5) is 15.6 Å². The summed E-state index contributed by atoms with van der Waals surface area (Å²) < 4.78 is 1.02. The van der Waals surface area contributed by atoms with Crippen molar-refractivity contribution in [3.63, 3.8) is 0 Å². The van der Waals surface area contributed by atoms with Crippen molar-refractivity contribution in [2.45, 2.75) is 29.9 Å². The minimum absolute atomic E-state index is 0.0160. The lowest BCUT2D eigenvalue weighted by atomic mass is 9.99. The molecule has 0 atom stereocenters. The van der Waals surface area contributed by atoms with Crippen molar-refractivity contribution in [3.05, 3.63) is 30.2 Å². The summed E-state index contributed by atoms with van der Waals surface area (Å²) in [6, 6.07) is 2.98. The third-order valence-electron chi connectivity index (χ3n) is 3.92. The molecule has 0 bridgehead atoms. The molecule has 6 nitrogen and oxygen atoms in total. The molecule has 126 valence electrons. The number of nitrogens with one attached hydrogen (secondary N) is 2. The summed E-state index contributed by atoms with van der Waals surface area (Å²) in [6.45, 7) is 0. The van der Waals surface area contributed by atoms with Crippen LogP contribution >= 0.6 is 23.1 Å². The van der Waals surface area contributed by atoms with E-state index in [9.17, 15) is 9.59 Å². The Kier molecular flexibility index (Phi) is 5.47. The summed E-state index contributed by atoms with van der Waals surface area (Å²) in [6.07, 6.45) is 9.20. The molecule has 1 aliphatic rings. The van der Waals surface area contributed by atoms with E-state index in [-0.39, 0.29) is 11.7 Å². The summed E-state index contributed by atoms with van der Waals surface area (Å²) >= 11 is 2.97. The SMILES string of the molecule is CSc1cnc(NC(=O)Nc2cccnc2C(=O)C2CCCC2)s1. The van der Waals surface area contributed by atoms with E-state index in [4.69, 9.17) is 0 Å². The summed E-state index contributed by atoms with van der Waals surface area (Å²) in [7, 11) is 0. The minimum atomic E-state index is -0.425. The molecule has 2 aromatic heterocycles. The van der Waals surface area contributed by atoms with E-state index in [2.05, 4.69) is 20.6 Å². The average molecular weight is 362 g/mol. The Morgan fingerprint density at radius 3 is 2.75 bits per heavy atom. The highest BCUT2D eigenvalue weighted by Crippen LogP contribution is 2.30. The van der Waals surface area contributed by atoms with Gasteiger partial charge in [-0.15, -0.1) is 11.8 Å². The first kappa shape index (κ1) is 16.9. The highest BCUT2D eigenvalue weighted by Gasteiger charge is 2.27. The normalized spacial score (nSPS) is 14.5. The zero-order valence-corrected chi connectivity index (χ0v) is 14.9. The van der Waals surface area contributed by atoms with Gasteiger partial charge in [-0.1, -0.05) is 24.2 Å². The van der Waals surface area contributed by atoms with Gasteiger partial charge in [-0.3, -0.25) is 15.1 Å². The van der Waals surface area contributed by atoms with Crippen LogP contribution in [0.2, 0.25) is 0 Å². The number of thioether (sulfide) groups is 1. The lowest BCUT2D eigenvalue weighted by Gasteiger charge is -2.12. The standard InChI is InChI=1S/C16H18N4O2S2/c1-23-12-9-18-16(24-12)20-15(22)19-11-7-4-8-17-13(11)14(21)10-5-2-3-6-10/h4,7-10H,2-3,5-6H2,1H3,(H2,18,19,20,22). The van der Waals surface area contributed by atoms with Crippen LogP contribution < -0.4 is 10.6 Å².